The molecule has 3 nitrogen and oxygen atoms in total. The average molecular weight is 170 g/mol. The second-order valence-electron chi connectivity index (χ2n) is 3.49. The normalized spacial score (nSPS) is 27.3. The third-order valence-corrected chi connectivity index (χ3v) is 2.21. The zero-order valence-corrected chi connectivity index (χ0v) is 7.25. The first-order valence-electron chi connectivity index (χ1n) is 4.32. The van der Waals surface area contributed by atoms with Gasteiger partial charge in [0, 0.05) is 25.2 Å². The first-order valence-corrected chi connectivity index (χ1v) is 4.32. The van der Waals surface area contributed by atoms with Gasteiger partial charge in [-0.3, -0.25) is 9.59 Å². The van der Waals surface area contributed by atoms with Gasteiger partial charge in [0.1, 0.15) is 11.6 Å². The van der Waals surface area contributed by atoms with Crippen molar-refractivity contribution in [3.63, 3.8) is 0 Å². The van der Waals surface area contributed by atoms with Crippen LogP contribution in [0.3, 0.4) is 0 Å². The van der Waals surface area contributed by atoms with Gasteiger partial charge in [0.2, 0.25) is 0 Å². The van der Waals surface area contributed by atoms with E-state index in [1.165, 1.54) is 0 Å². The molecule has 1 fully saturated rings. The van der Waals surface area contributed by atoms with Crippen LogP contribution in [0.2, 0.25) is 0 Å². The molecule has 0 spiro atoms. The zero-order chi connectivity index (χ0) is 9.14. The van der Waals surface area contributed by atoms with Gasteiger partial charge in [0.25, 0.3) is 0 Å². The van der Waals surface area contributed by atoms with E-state index in [0.29, 0.717) is 25.7 Å². The maximum atomic E-state index is 11.2. The lowest BCUT2D eigenvalue weighted by Crippen LogP contribution is -2.27. The van der Waals surface area contributed by atoms with Crippen LogP contribution >= 0.6 is 0 Å². The molecular formula is C9H14O3. The van der Waals surface area contributed by atoms with E-state index in [2.05, 4.69) is 0 Å². The molecule has 0 heterocycles. The molecule has 68 valence electrons. The highest BCUT2D eigenvalue weighted by molar-refractivity contribution is 5.94. The van der Waals surface area contributed by atoms with Crippen LogP contribution in [-0.2, 0) is 9.59 Å². The van der Waals surface area contributed by atoms with Crippen LogP contribution < -0.4 is 0 Å². The van der Waals surface area contributed by atoms with Crippen molar-refractivity contribution in [3.8, 4) is 0 Å². The predicted octanol–water partition coefficient (Wildman–Crippen LogP) is 0.696. The van der Waals surface area contributed by atoms with Gasteiger partial charge in [0.05, 0.1) is 6.10 Å². The van der Waals surface area contributed by atoms with Crippen molar-refractivity contribution in [3.05, 3.63) is 0 Å². The van der Waals surface area contributed by atoms with E-state index in [0.717, 1.165) is 0 Å². The van der Waals surface area contributed by atoms with Crippen LogP contribution in [0.25, 0.3) is 0 Å². The van der Waals surface area contributed by atoms with Gasteiger partial charge in [-0.25, -0.2) is 0 Å². The first-order chi connectivity index (χ1) is 5.59. The Morgan fingerprint density at radius 1 is 1.50 bits per heavy atom. The Hall–Kier alpha value is -0.700. The van der Waals surface area contributed by atoms with E-state index in [1.54, 1.807) is 6.92 Å². The van der Waals surface area contributed by atoms with Crippen LogP contribution in [0, 0.1) is 5.92 Å². The van der Waals surface area contributed by atoms with Crippen LogP contribution in [0.15, 0.2) is 0 Å². The summed E-state index contributed by atoms with van der Waals surface area (Å²) >= 11 is 0. The largest absolute Gasteiger partial charge is 0.393 e. The molecule has 3 heteroatoms. The van der Waals surface area contributed by atoms with Crippen LogP contribution in [-0.4, -0.2) is 22.8 Å². The number of hydrogen-bond acceptors (Lipinski definition) is 3. The fraction of sp³-hybridized carbons (Fsp3) is 0.778. The minimum absolute atomic E-state index is 0.135. The molecule has 0 saturated heterocycles. The molecule has 2 atom stereocenters. The molecule has 12 heavy (non-hydrogen) atoms. The molecule has 0 radical (unpaired) electrons. The molecule has 0 aromatic rings. The topological polar surface area (TPSA) is 54.4 Å². The highest BCUT2D eigenvalue weighted by atomic mass is 16.3. The lowest BCUT2D eigenvalue weighted by molar-refractivity contribution is -0.133. The van der Waals surface area contributed by atoms with Crippen molar-refractivity contribution in [2.75, 3.05) is 0 Å². The standard InChI is InChI=1S/C9H14O3/c1-6(10)4-7-5-8(11)2-3-9(7)12/h6-7,10H,2-5H2,1H3/t6-,7-/m0/s1. The molecule has 1 N–H and O–H groups in total. The van der Waals surface area contributed by atoms with Gasteiger partial charge < -0.3 is 5.11 Å². The Morgan fingerprint density at radius 3 is 2.75 bits per heavy atom. The molecule has 0 amide bonds. The van der Waals surface area contributed by atoms with Gasteiger partial charge in [-0.1, -0.05) is 0 Å². The van der Waals surface area contributed by atoms with Gasteiger partial charge in [-0.2, -0.15) is 0 Å². The van der Waals surface area contributed by atoms with Gasteiger partial charge >= 0.3 is 0 Å². The molecule has 1 rings (SSSR count). The van der Waals surface area contributed by atoms with Crippen LogP contribution in [0.1, 0.15) is 32.6 Å². The van der Waals surface area contributed by atoms with Crippen LogP contribution in [0.4, 0.5) is 0 Å². The Bertz CT molecular complexity index is 196. The predicted molar refractivity (Wildman–Crippen MR) is 43.7 cm³/mol. The minimum atomic E-state index is -0.482. The van der Waals surface area contributed by atoms with Crippen molar-refractivity contribution in [1.29, 1.82) is 0 Å². The summed E-state index contributed by atoms with van der Waals surface area (Å²) in [6, 6.07) is 0. The number of rotatable bonds is 2. The number of hydrogen-bond donors (Lipinski definition) is 1. The van der Waals surface area contributed by atoms with Crippen molar-refractivity contribution in [1.82, 2.24) is 0 Å². The monoisotopic (exact) mass is 170 g/mol. The number of carbonyl (C=O) groups is 2. The molecule has 0 unspecified atom stereocenters. The third-order valence-electron chi connectivity index (χ3n) is 2.21. The fourth-order valence-corrected chi connectivity index (χ4v) is 1.58. The summed E-state index contributed by atoms with van der Waals surface area (Å²) in [6.45, 7) is 1.65. The Morgan fingerprint density at radius 2 is 2.17 bits per heavy atom. The van der Waals surface area contributed by atoms with Crippen LogP contribution in [0.5, 0.6) is 0 Å². The number of aliphatic hydroxyl groups is 1. The van der Waals surface area contributed by atoms with E-state index >= 15 is 0 Å². The number of aliphatic hydroxyl groups excluding tert-OH is 1. The SMILES string of the molecule is C[C@H](O)C[C@H]1CC(=O)CCC1=O. The lowest BCUT2D eigenvalue weighted by Gasteiger charge is -2.20. The molecule has 1 saturated carbocycles. The quantitative estimate of drug-likeness (QED) is 0.663. The summed E-state index contributed by atoms with van der Waals surface area (Å²) in [5, 5.41) is 9.05. The maximum Gasteiger partial charge on any atom is 0.136 e. The highest BCUT2D eigenvalue weighted by Crippen LogP contribution is 2.22. The van der Waals surface area contributed by atoms with Crippen molar-refractivity contribution < 1.29 is 14.7 Å². The second-order valence-corrected chi connectivity index (χ2v) is 3.49. The van der Waals surface area contributed by atoms with Gasteiger partial charge in [-0.15, -0.1) is 0 Å². The lowest BCUT2D eigenvalue weighted by atomic mass is 9.84. The summed E-state index contributed by atoms with van der Waals surface area (Å²) in [7, 11) is 0. The Labute approximate surface area is 71.8 Å². The fourth-order valence-electron chi connectivity index (χ4n) is 1.58. The van der Waals surface area contributed by atoms with Crippen molar-refractivity contribution in [2.45, 2.75) is 38.7 Å². The number of Topliss-reactive ketones (excluding diaryl/α,β-unsaturated/α-hetero) is 2. The van der Waals surface area contributed by atoms with E-state index < -0.39 is 6.10 Å². The van der Waals surface area contributed by atoms with E-state index in [1.807, 2.05) is 0 Å². The van der Waals surface area contributed by atoms with E-state index in [-0.39, 0.29) is 17.5 Å². The van der Waals surface area contributed by atoms with Gasteiger partial charge in [0.15, 0.2) is 0 Å². The molecular weight excluding hydrogens is 156 g/mol. The van der Waals surface area contributed by atoms with E-state index in [9.17, 15) is 9.59 Å². The zero-order valence-electron chi connectivity index (χ0n) is 7.25. The maximum absolute atomic E-state index is 11.2. The average Bonchev–Trinajstić information content (AvgIpc) is 1.96. The Kier molecular flexibility index (Phi) is 2.98. The summed E-state index contributed by atoms with van der Waals surface area (Å²) < 4.78 is 0. The third kappa shape index (κ3) is 2.41. The van der Waals surface area contributed by atoms with Crippen molar-refractivity contribution in [2.24, 2.45) is 5.92 Å². The second kappa shape index (κ2) is 3.81. The molecule has 1 aliphatic carbocycles. The molecule has 0 bridgehead atoms. The van der Waals surface area contributed by atoms with E-state index in [4.69, 9.17) is 5.11 Å². The molecule has 0 aromatic carbocycles. The molecule has 0 aromatic heterocycles. The number of ketones is 2. The van der Waals surface area contributed by atoms with Crippen molar-refractivity contribution >= 4 is 11.6 Å². The number of carbonyl (C=O) groups excluding carboxylic acids is 2. The Balaban J connectivity index is 2.49. The summed E-state index contributed by atoms with van der Waals surface area (Å²) in [5.74, 6) is 0.0713. The molecule has 0 aliphatic heterocycles. The highest BCUT2D eigenvalue weighted by Gasteiger charge is 2.27. The van der Waals surface area contributed by atoms with Gasteiger partial charge in [-0.05, 0) is 13.3 Å². The summed E-state index contributed by atoms with van der Waals surface area (Å²) in [5.41, 5.74) is 0. The summed E-state index contributed by atoms with van der Waals surface area (Å²) in [4.78, 5) is 22.2. The minimum Gasteiger partial charge on any atom is -0.393 e. The smallest absolute Gasteiger partial charge is 0.136 e. The molecule has 1 aliphatic rings. The summed E-state index contributed by atoms with van der Waals surface area (Å²) in [6.07, 6.45) is 1.06. The first kappa shape index (κ1) is 9.39.